The average molecular weight is 263 g/mol. The van der Waals surface area contributed by atoms with E-state index in [1.165, 1.54) is 23.4 Å². The van der Waals surface area contributed by atoms with E-state index in [2.05, 4.69) is 4.98 Å². The van der Waals surface area contributed by atoms with Gasteiger partial charge in [-0.1, -0.05) is 6.08 Å². The van der Waals surface area contributed by atoms with Crippen LogP contribution in [0.4, 0.5) is 5.82 Å². The van der Waals surface area contributed by atoms with Gasteiger partial charge in [0.15, 0.2) is 5.82 Å². The summed E-state index contributed by atoms with van der Waals surface area (Å²) in [4.78, 5) is 31.2. The molecule has 2 unspecified atom stereocenters. The molecule has 0 bridgehead atoms. The average Bonchev–Trinajstić information content (AvgIpc) is 2.39. The van der Waals surface area contributed by atoms with Crippen LogP contribution in [0.5, 0.6) is 0 Å². The molecule has 7 nitrogen and oxygen atoms in total. The topological polar surface area (TPSA) is 106 Å². The quantitative estimate of drug-likeness (QED) is 0.761. The second-order valence-corrected chi connectivity index (χ2v) is 4.08. The minimum Gasteiger partial charge on any atom is -0.479 e. The summed E-state index contributed by atoms with van der Waals surface area (Å²) in [6.07, 6.45) is 3.46. The van der Waals surface area contributed by atoms with Crippen LogP contribution in [0.1, 0.15) is 17.3 Å². The molecule has 0 radical (unpaired) electrons. The number of primary amides is 1. The summed E-state index contributed by atoms with van der Waals surface area (Å²) in [6.45, 7) is 1.83. The lowest BCUT2D eigenvalue weighted by Crippen LogP contribution is -2.42. The SMILES string of the molecule is CC1C=CC(C(=O)O)ON1c1ccc(C(N)=O)cn1. The van der Waals surface area contributed by atoms with Crippen molar-refractivity contribution in [2.45, 2.75) is 19.1 Å². The molecule has 0 saturated heterocycles. The number of carbonyl (C=O) groups excluding carboxylic acids is 1. The number of carbonyl (C=O) groups is 2. The number of hydroxylamine groups is 1. The van der Waals surface area contributed by atoms with Gasteiger partial charge in [-0.2, -0.15) is 0 Å². The first kappa shape index (κ1) is 13.0. The normalized spacial score (nSPS) is 22.3. The molecule has 1 aromatic rings. The number of carboxylic acids is 1. The molecular formula is C12H13N3O4. The molecule has 7 heteroatoms. The molecule has 2 atom stereocenters. The third kappa shape index (κ3) is 2.71. The Kier molecular flexibility index (Phi) is 3.48. The van der Waals surface area contributed by atoms with Gasteiger partial charge in [0, 0.05) is 6.20 Å². The highest BCUT2D eigenvalue weighted by molar-refractivity contribution is 5.92. The second-order valence-electron chi connectivity index (χ2n) is 4.08. The standard InChI is InChI=1S/C12H13N3O4/c1-7-2-4-9(12(17)18)19-15(7)10-5-3-8(6-14-10)11(13)16/h2-7,9H,1H3,(H2,13,16)(H,17,18). The van der Waals surface area contributed by atoms with E-state index in [-0.39, 0.29) is 11.6 Å². The van der Waals surface area contributed by atoms with Gasteiger partial charge in [-0.05, 0) is 25.1 Å². The Morgan fingerprint density at radius 3 is 2.68 bits per heavy atom. The fourth-order valence-electron chi connectivity index (χ4n) is 1.65. The number of aliphatic carboxylic acids is 1. The number of hydrogen-bond donors (Lipinski definition) is 2. The first-order chi connectivity index (χ1) is 8.99. The summed E-state index contributed by atoms with van der Waals surface area (Å²) in [7, 11) is 0. The minimum atomic E-state index is -1.08. The van der Waals surface area contributed by atoms with E-state index >= 15 is 0 Å². The molecule has 3 N–H and O–H groups in total. The van der Waals surface area contributed by atoms with Gasteiger partial charge < -0.3 is 10.8 Å². The number of rotatable bonds is 3. The van der Waals surface area contributed by atoms with Crippen LogP contribution in [-0.4, -0.2) is 34.1 Å². The zero-order valence-corrected chi connectivity index (χ0v) is 10.2. The van der Waals surface area contributed by atoms with Gasteiger partial charge in [-0.3, -0.25) is 9.63 Å². The van der Waals surface area contributed by atoms with Crippen molar-refractivity contribution in [3.8, 4) is 0 Å². The van der Waals surface area contributed by atoms with E-state index in [9.17, 15) is 9.59 Å². The number of amides is 1. The highest BCUT2D eigenvalue weighted by Gasteiger charge is 2.27. The van der Waals surface area contributed by atoms with Gasteiger partial charge in [0.2, 0.25) is 12.0 Å². The number of pyridine rings is 1. The third-order valence-electron chi connectivity index (χ3n) is 2.66. The Labute approximate surface area is 109 Å². The summed E-state index contributed by atoms with van der Waals surface area (Å²) in [5, 5.41) is 10.3. The third-order valence-corrected chi connectivity index (χ3v) is 2.66. The maximum atomic E-state index is 10.9. The van der Waals surface area contributed by atoms with Crippen molar-refractivity contribution in [3.63, 3.8) is 0 Å². The molecule has 1 aliphatic heterocycles. The smallest absolute Gasteiger partial charge is 0.339 e. The maximum Gasteiger partial charge on any atom is 0.339 e. The molecule has 2 rings (SSSR count). The van der Waals surface area contributed by atoms with Gasteiger partial charge in [0.25, 0.3) is 0 Å². The number of nitrogens with zero attached hydrogens (tertiary/aromatic N) is 2. The molecule has 1 aromatic heterocycles. The number of anilines is 1. The molecule has 1 amide bonds. The molecule has 0 aliphatic carbocycles. The molecule has 0 spiro atoms. The van der Waals surface area contributed by atoms with Crippen LogP contribution >= 0.6 is 0 Å². The minimum absolute atomic E-state index is 0.164. The molecular weight excluding hydrogens is 250 g/mol. The van der Waals surface area contributed by atoms with Crippen molar-refractivity contribution >= 4 is 17.7 Å². The largest absolute Gasteiger partial charge is 0.479 e. The number of carboxylic acid groups (broad SMARTS) is 1. The summed E-state index contributed by atoms with van der Waals surface area (Å²) in [5.74, 6) is -1.25. The number of nitrogens with two attached hydrogens (primary N) is 1. The molecule has 2 heterocycles. The van der Waals surface area contributed by atoms with Gasteiger partial charge >= 0.3 is 5.97 Å². The second kappa shape index (κ2) is 5.07. The van der Waals surface area contributed by atoms with Crippen molar-refractivity contribution in [1.82, 2.24) is 4.98 Å². The van der Waals surface area contributed by atoms with Gasteiger partial charge in [0.05, 0.1) is 11.6 Å². The van der Waals surface area contributed by atoms with Crippen molar-refractivity contribution in [2.75, 3.05) is 5.06 Å². The summed E-state index contributed by atoms with van der Waals surface area (Å²) < 4.78 is 0. The Morgan fingerprint density at radius 2 is 2.16 bits per heavy atom. The lowest BCUT2D eigenvalue weighted by molar-refractivity contribution is -0.148. The Hall–Kier alpha value is -2.41. The fourth-order valence-corrected chi connectivity index (χ4v) is 1.65. The number of hydrogen-bond acceptors (Lipinski definition) is 5. The first-order valence-corrected chi connectivity index (χ1v) is 5.62. The molecule has 0 saturated carbocycles. The fraction of sp³-hybridized carbons (Fsp3) is 0.250. The van der Waals surface area contributed by atoms with E-state index < -0.39 is 18.0 Å². The van der Waals surface area contributed by atoms with Gasteiger partial charge in [-0.15, -0.1) is 0 Å². The van der Waals surface area contributed by atoms with E-state index in [1.54, 1.807) is 12.1 Å². The Morgan fingerprint density at radius 1 is 1.42 bits per heavy atom. The van der Waals surface area contributed by atoms with Crippen LogP contribution in [0.25, 0.3) is 0 Å². The predicted octanol–water partition coefficient (Wildman–Crippen LogP) is 0.330. The van der Waals surface area contributed by atoms with Crippen LogP contribution in [0.3, 0.4) is 0 Å². The van der Waals surface area contributed by atoms with Crippen LogP contribution in [0, 0.1) is 0 Å². The molecule has 19 heavy (non-hydrogen) atoms. The zero-order valence-electron chi connectivity index (χ0n) is 10.2. The Bertz CT molecular complexity index is 526. The lowest BCUT2D eigenvalue weighted by Gasteiger charge is -2.32. The monoisotopic (exact) mass is 263 g/mol. The Balaban J connectivity index is 2.23. The van der Waals surface area contributed by atoms with Gasteiger partial charge in [0.1, 0.15) is 0 Å². The van der Waals surface area contributed by atoms with Crippen molar-refractivity contribution in [3.05, 3.63) is 36.0 Å². The summed E-state index contributed by atoms with van der Waals surface area (Å²) >= 11 is 0. The summed E-state index contributed by atoms with van der Waals surface area (Å²) in [5.41, 5.74) is 5.40. The molecule has 100 valence electrons. The van der Waals surface area contributed by atoms with E-state index in [0.29, 0.717) is 5.82 Å². The highest BCUT2D eigenvalue weighted by atomic mass is 16.7. The predicted molar refractivity (Wildman–Crippen MR) is 66.3 cm³/mol. The molecule has 0 aromatic carbocycles. The van der Waals surface area contributed by atoms with Crippen molar-refractivity contribution in [1.29, 1.82) is 0 Å². The van der Waals surface area contributed by atoms with Gasteiger partial charge in [-0.25, -0.2) is 14.8 Å². The van der Waals surface area contributed by atoms with Crippen molar-refractivity contribution < 1.29 is 19.5 Å². The van der Waals surface area contributed by atoms with Crippen molar-refractivity contribution in [2.24, 2.45) is 5.73 Å². The first-order valence-electron chi connectivity index (χ1n) is 5.62. The van der Waals surface area contributed by atoms with Crippen LogP contribution in [0.2, 0.25) is 0 Å². The van der Waals surface area contributed by atoms with Crippen LogP contribution in [0.15, 0.2) is 30.5 Å². The van der Waals surface area contributed by atoms with E-state index in [0.717, 1.165) is 0 Å². The summed E-state index contributed by atoms with van der Waals surface area (Å²) in [6, 6.07) is 2.89. The van der Waals surface area contributed by atoms with E-state index in [1.807, 2.05) is 6.92 Å². The maximum absolute atomic E-state index is 10.9. The van der Waals surface area contributed by atoms with Crippen LogP contribution < -0.4 is 10.8 Å². The van der Waals surface area contributed by atoms with E-state index in [4.69, 9.17) is 15.7 Å². The lowest BCUT2D eigenvalue weighted by atomic mass is 10.2. The molecule has 0 fully saturated rings. The molecule has 1 aliphatic rings. The highest BCUT2D eigenvalue weighted by Crippen LogP contribution is 2.21. The van der Waals surface area contributed by atoms with Crippen LogP contribution in [-0.2, 0) is 9.63 Å². The zero-order chi connectivity index (χ0) is 14.0. The number of aromatic nitrogens is 1.